The fraction of sp³-hybridized carbons (Fsp3) is 0.423. The Kier molecular flexibility index (Phi) is 7.05. The number of carboxylic acid groups (broad SMARTS) is 1. The minimum Gasteiger partial charge on any atom is -0.481 e. The van der Waals surface area contributed by atoms with Gasteiger partial charge in [-0.2, -0.15) is 0 Å². The molecule has 2 amide bonds. The lowest BCUT2D eigenvalue weighted by atomic mass is 9.98. The van der Waals surface area contributed by atoms with E-state index in [4.69, 9.17) is 9.84 Å². The van der Waals surface area contributed by atoms with Crippen LogP contribution in [-0.4, -0.2) is 60.1 Å². The molecule has 2 aromatic carbocycles. The van der Waals surface area contributed by atoms with Crippen molar-refractivity contribution in [3.63, 3.8) is 0 Å². The maximum Gasteiger partial charge on any atom is 0.407 e. The van der Waals surface area contributed by atoms with Crippen LogP contribution in [0.5, 0.6) is 0 Å². The lowest BCUT2D eigenvalue weighted by Gasteiger charge is -2.20. The van der Waals surface area contributed by atoms with E-state index in [0.717, 1.165) is 22.3 Å². The second-order valence-corrected chi connectivity index (χ2v) is 8.88. The van der Waals surface area contributed by atoms with Crippen LogP contribution in [0.15, 0.2) is 48.5 Å². The summed E-state index contributed by atoms with van der Waals surface area (Å²) < 4.78 is 34.1. The molecule has 2 aliphatic carbocycles. The maximum absolute atomic E-state index is 14.3. The normalized spacial score (nSPS) is 19.4. The Morgan fingerprint density at radius 3 is 2.23 bits per heavy atom. The monoisotopic (exact) mass is 486 g/mol. The summed E-state index contributed by atoms with van der Waals surface area (Å²) >= 11 is 0. The van der Waals surface area contributed by atoms with Crippen LogP contribution in [-0.2, 0) is 14.3 Å². The third-order valence-electron chi connectivity index (χ3n) is 6.79. The summed E-state index contributed by atoms with van der Waals surface area (Å²) in [5.41, 5.74) is 4.26. The summed E-state index contributed by atoms with van der Waals surface area (Å²) in [5.74, 6) is -7.94. The molecule has 0 radical (unpaired) electrons. The van der Waals surface area contributed by atoms with E-state index in [2.05, 4.69) is 5.32 Å². The van der Waals surface area contributed by atoms with Gasteiger partial charge in [-0.25, -0.2) is 13.6 Å². The van der Waals surface area contributed by atoms with E-state index < -0.39 is 35.7 Å². The van der Waals surface area contributed by atoms with Gasteiger partial charge in [0, 0.05) is 32.0 Å². The number of nitrogens with one attached hydrogen (secondary N) is 1. The Morgan fingerprint density at radius 2 is 1.66 bits per heavy atom. The fourth-order valence-electron chi connectivity index (χ4n) is 4.87. The van der Waals surface area contributed by atoms with Crippen LogP contribution in [0, 0.1) is 11.8 Å². The number of ether oxygens (including phenoxy) is 1. The standard InChI is InChI=1S/C26H28F2N2O5/c1-2-30(13-7-12-22(31)32)24(33)23-21(26(23,27)28)14-29-25(34)35-15-20-18-10-5-3-8-16(18)17-9-4-6-11-19(17)20/h3-6,8-11,20-21,23H,2,7,12-15H2,1H3,(H,29,34)(H,31,32)/t21-,23-/m0/s1. The molecule has 35 heavy (non-hydrogen) atoms. The number of alkyl halides is 2. The molecule has 9 heteroatoms. The average Bonchev–Trinajstić information content (AvgIpc) is 3.24. The summed E-state index contributed by atoms with van der Waals surface area (Å²) in [6.45, 7) is 1.64. The van der Waals surface area contributed by atoms with Crippen molar-refractivity contribution in [1.29, 1.82) is 0 Å². The van der Waals surface area contributed by atoms with Gasteiger partial charge in [-0.1, -0.05) is 48.5 Å². The second kappa shape index (κ2) is 10.0. The maximum atomic E-state index is 14.3. The third-order valence-corrected chi connectivity index (χ3v) is 6.79. The van der Waals surface area contributed by atoms with Crippen molar-refractivity contribution in [2.75, 3.05) is 26.2 Å². The SMILES string of the molecule is CCN(CCCC(=O)O)C(=O)[C@@H]1[C@H](CNC(=O)OCC2c3ccccc3-c3ccccc32)C1(F)F. The van der Waals surface area contributed by atoms with Crippen LogP contribution in [0.25, 0.3) is 11.1 Å². The minimum absolute atomic E-state index is 0.0659. The Bertz CT molecular complexity index is 1080. The predicted octanol–water partition coefficient (Wildman–Crippen LogP) is 4.12. The van der Waals surface area contributed by atoms with E-state index in [1.165, 1.54) is 4.90 Å². The zero-order valence-corrected chi connectivity index (χ0v) is 19.4. The quantitative estimate of drug-likeness (QED) is 0.527. The minimum atomic E-state index is -3.23. The Labute approximate surface area is 202 Å². The number of nitrogens with zero attached hydrogens (tertiary/aromatic N) is 1. The molecule has 0 heterocycles. The van der Waals surface area contributed by atoms with Crippen molar-refractivity contribution in [2.45, 2.75) is 31.6 Å². The molecule has 0 saturated heterocycles. The molecule has 0 unspecified atom stereocenters. The Hall–Kier alpha value is -3.49. The average molecular weight is 487 g/mol. The zero-order chi connectivity index (χ0) is 25.2. The molecule has 1 fully saturated rings. The van der Waals surface area contributed by atoms with Gasteiger partial charge in [-0.15, -0.1) is 0 Å². The van der Waals surface area contributed by atoms with Crippen molar-refractivity contribution < 1.29 is 33.0 Å². The summed E-state index contributed by atoms with van der Waals surface area (Å²) in [4.78, 5) is 36.8. The number of benzene rings is 2. The topological polar surface area (TPSA) is 95.9 Å². The van der Waals surface area contributed by atoms with Gasteiger partial charge in [0.05, 0.1) is 5.92 Å². The highest BCUT2D eigenvalue weighted by atomic mass is 19.3. The number of alkyl carbamates (subject to hydrolysis) is 1. The number of hydrogen-bond donors (Lipinski definition) is 2. The number of halogens is 2. The van der Waals surface area contributed by atoms with Gasteiger partial charge >= 0.3 is 12.1 Å². The molecule has 0 aromatic heterocycles. The number of carbonyl (C=O) groups excluding carboxylic acids is 2. The summed E-state index contributed by atoms with van der Waals surface area (Å²) in [6.07, 6.45) is -0.761. The smallest absolute Gasteiger partial charge is 0.407 e. The Balaban J connectivity index is 1.30. The number of hydrogen-bond acceptors (Lipinski definition) is 4. The predicted molar refractivity (Wildman–Crippen MR) is 124 cm³/mol. The summed E-state index contributed by atoms with van der Waals surface area (Å²) in [7, 11) is 0. The molecule has 2 atom stereocenters. The molecule has 2 aromatic rings. The van der Waals surface area contributed by atoms with Gasteiger partial charge in [0.1, 0.15) is 12.5 Å². The number of amides is 2. The largest absolute Gasteiger partial charge is 0.481 e. The molecule has 0 spiro atoms. The van der Waals surface area contributed by atoms with Crippen LogP contribution < -0.4 is 5.32 Å². The molecular weight excluding hydrogens is 458 g/mol. The van der Waals surface area contributed by atoms with E-state index in [1.807, 2.05) is 48.5 Å². The first-order valence-electron chi connectivity index (χ1n) is 11.7. The molecule has 0 bridgehead atoms. The number of rotatable bonds is 10. The van der Waals surface area contributed by atoms with Gasteiger partial charge < -0.3 is 20.1 Å². The van der Waals surface area contributed by atoms with E-state index in [9.17, 15) is 23.2 Å². The third kappa shape index (κ3) is 4.99. The lowest BCUT2D eigenvalue weighted by Crippen LogP contribution is -2.35. The van der Waals surface area contributed by atoms with Crippen LogP contribution in [0.1, 0.15) is 36.8 Å². The summed E-state index contributed by atoms with van der Waals surface area (Å²) in [6, 6.07) is 15.7. The van der Waals surface area contributed by atoms with Crippen LogP contribution in [0.4, 0.5) is 13.6 Å². The lowest BCUT2D eigenvalue weighted by molar-refractivity contribution is -0.139. The van der Waals surface area contributed by atoms with Gasteiger partial charge in [0.15, 0.2) is 0 Å². The number of fused-ring (bicyclic) bond motifs is 3. The van der Waals surface area contributed by atoms with Crippen LogP contribution in [0.3, 0.4) is 0 Å². The van der Waals surface area contributed by atoms with Gasteiger partial charge in [0.25, 0.3) is 5.92 Å². The highest BCUT2D eigenvalue weighted by molar-refractivity contribution is 5.84. The number of carboxylic acids is 1. The van der Waals surface area contributed by atoms with Gasteiger partial charge in [-0.3, -0.25) is 9.59 Å². The molecule has 7 nitrogen and oxygen atoms in total. The highest BCUT2D eigenvalue weighted by Crippen LogP contribution is 2.55. The highest BCUT2D eigenvalue weighted by Gasteiger charge is 2.72. The summed E-state index contributed by atoms with van der Waals surface area (Å²) in [5, 5.41) is 11.1. The van der Waals surface area contributed by atoms with E-state index in [-0.39, 0.29) is 45.0 Å². The molecule has 2 aliphatic rings. The van der Waals surface area contributed by atoms with Crippen molar-refractivity contribution in [3.05, 3.63) is 59.7 Å². The number of carbonyl (C=O) groups is 3. The zero-order valence-electron chi connectivity index (χ0n) is 19.4. The second-order valence-electron chi connectivity index (χ2n) is 8.88. The van der Waals surface area contributed by atoms with E-state index in [1.54, 1.807) is 6.92 Å². The van der Waals surface area contributed by atoms with E-state index >= 15 is 0 Å². The van der Waals surface area contributed by atoms with Crippen molar-refractivity contribution in [1.82, 2.24) is 10.2 Å². The first-order valence-corrected chi connectivity index (χ1v) is 11.7. The van der Waals surface area contributed by atoms with Crippen LogP contribution in [0.2, 0.25) is 0 Å². The molecular formula is C26H28F2N2O5. The van der Waals surface area contributed by atoms with Gasteiger partial charge in [-0.05, 0) is 35.6 Å². The van der Waals surface area contributed by atoms with Crippen molar-refractivity contribution in [2.24, 2.45) is 11.8 Å². The van der Waals surface area contributed by atoms with Crippen LogP contribution >= 0.6 is 0 Å². The fourth-order valence-corrected chi connectivity index (χ4v) is 4.87. The molecule has 186 valence electrons. The first-order chi connectivity index (χ1) is 16.8. The Morgan fingerprint density at radius 1 is 1.06 bits per heavy atom. The first kappa shape index (κ1) is 24.6. The van der Waals surface area contributed by atoms with E-state index in [0.29, 0.717) is 0 Å². The van der Waals surface area contributed by atoms with Crippen molar-refractivity contribution in [3.8, 4) is 11.1 Å². The molecule has 0 aliphatic heterocycles. The molecule has 1 saturated carbocycles. The molecule has 2 N–H and O–H groups in total. The van der Waals surface area contributed by atoms with Crippen molar-refractivity contribution >= 4 is 18.0 Å². The van der Waals surface area contributed by atoms with Gasteiger partial charge in [0.2, 0.25) is 5.91 Å². The molecule has 4 rings (SSSR count). The number of aliphatic carboxylic acids is 1.